The Morgan fingerprint density at radius 1 is 1.26 bits per heavy atom. The first kappa shape index (κ1) is 15.6. The predicted molar refractivity (Wildman–Crippen MR) is 77.5 cm³/mol. The lowest BCUT2D eigenvalue weighted by molar-refractivity contribution is -0.152. The van der Waals surface area contributed by atoms with Crippen LogP contribution in [0.25, 0.3) is 0 Å². The molecule has 0 radical (unpaired) electrons. The SMILES string of the molecule is COC(=O)[C@]1(C)N[C@H](c2ccc(F)cc2)[C@@H]2C(=O)N(C)C(=O)[C@H]21. The van der Waals surface area contributed by atoms with Crippen molar-refractivity contribution in [1.29, 1.82) is 0 Å². The lowest BCUT2D eigenvalue weighted by atomic mass is 9.80. The van der Waals surface area contributed by atoms with Gasteiger partial charge in [-0.15, -0.1) is 0 Å². The Hall–Kier alpha value is -2.28. The van der Waals surface area contributed by atoms with Gasteiger partial charge in [0.2, 0.25) is 11.8 Å². The van der Waals surface area contributed by atoms with Gasteiger partial charge in [-0.3, -0.25) is 24.6 Å². The fraction of sp³-hybridized carbons (Fsp3) is 0.438. The zero-order valence-corrected chi connectivity index (χ0v) is 13.0. The van der Waals surface area contributed by atoms with E-state index >= 15 is 0 Å². The molecule has 2 heterocycles. The minimum Gasteiger partial charge on any atom is -0.468 e. The first-order valence-corrected chi connectivity index (χ1v) is 7.24. The second-order valence-corrected chi connectivity index (χ2v) is 6.11. The fourth-order valence-electron chi connectivity index (χ4n) is 3.64. The van der Waals surface area contributed by atoms with Crippen molar-refractivity contribution in [1.82, 2.24) is 10.2 Å². The van der Waals surface area contributed by atoms with Gasteiger partial charge in [0.25, 0.3) is 0 Å². The standard InChI is InChI=1S/C16H17FN2O4/c1-16(15(22)23-3)11-10(13(20)19(2)14(11)21)12(18-16)8-4-6-9(17)7-5-8/h4-7,10-12,18H,1-3H3/t10-,11+,12-,16-/m1/s1. The molecule has 2 amide bonds. The van der Waals surface area contributed by atoms with Crippen molar-refractivity contribution < 1.29 is 23.5 Å². The van der Waals surface area contributed by atoms with Crippen molar-refractivity contribution in [3.8, 4) is 0 Å². The molecule has 2 saturated heterocycles. The zero-order valence-electron chi connectivity index (χ0n) is 13.0. The van der Waals surface area contributed by atoms with Crippen molar-refractivity contribution in [2.75, 3.05) is 14.2 Å². The first-order chi connectivity index (χ1) is 10.8. The van der Waals surface area contributed by atoms with Crippen molar-refractivity contribution in [2.24, 2.45) is 11.8 Å². The highest BCUT2D eigenvalue weighted by Gasteiger charge is 2.66. The first-order valence-electron chi connectivity index (χ1n) is 7.24. The molecule has 2 fully saturated rings. The largest absolute Gasteiger partial charge is 0.468 e. The molecule has 0 aromatic heterocycles. The van der Waals surface area contributed by atoms with E-state index in [0.717, 1.165) is 4.90 Å². The Bertz CT molecular complexity index is 690. The number of rotatable bonds is 2. The van der Waals surface area contributed by atoms with Crippen molar-refractivity contribution >= 4 is 17.8 Å². The van der Waals surface area contributed by atoms with Crippen molar-refractivity contribution in [3.05, 3.63) is 35.6 Å². The third kappa shape index (κ3) is 2.07. The Balaban J connectivity index is 2.09. The molecule has 0 spiro atoms. The number of nitrogens with zero attached hydrogens (tertiary/aromatic N) is 1. The predicted octanol–water partition coefficient (Wildman–Crippen LogP) is 0.633. The van der Waals surface area contributed by atoms with Crippen LogP contribution in [-0.4, -0.2) is 42.4 Å². The second-order valence-electron chi connectivity index (χ2n) is 6.11. The number of likely N-dealkylation sites (tertiary alicyclic amines) is 1. The number of hydrogen-bond acceptors (Lipinski definition) is 5. The average Bonchev–Trinajstić information content (AvgIpc) is 2.97. The highest BCUT2D eigenvalue weighted by atomic mass is 19.1. The summed E-state index contributed by atoms with van der Waals surface area (Å²) < 4.78 is 18.0. The van der Waals surface area contributed by atoms with E-state index in [9.17, 15) is 18.8 Å². The summed E-state index contributed by atoms with van der Waals surface area (Å²) in [6, 6.07) is 5.09. The number of amides is 2. The molecule has 3 rings (SSSR count). The highest BCUT2D eigenvalue weighted by molar-refractivity contribution is 6.09. The van der Waals surface area contributed by atoms with Gasteiger partial charge in [-0.25, -0.2) is 4.39 Å². The topological polar surface area (TPSA) is 75.7 Å². The fourth-order valence-corrected chi connectivity index (χ4v) is 3.64. The Labute approximate surface area is 132 Å². The number of imide groups is 1. The van der Waals surface area contributed by atoms with Crippen LogP contribution >= 0.6 is 0 Å². The molecular weight excluding hydrogens is 303 g/mol. The number of halogens is 1. The quantitative estimate of drug-likeness (QED) is 0.639. The van der Waals surface area contributed by atoms with Crippen molar-refractivity contribution in [3.63, 3.8) is 0 Å². The summed E-state index contributed by atoms with van der Waals surface area (Å²) in [5.74, 6) is -3.33. The summed E-state index contributed by atoms with van der Waals surface area (Å²) in [7, 11) is 2.64. The maximum Gasteiger partial charge on any atom is 0.326 e. The smallest absolute Gasteiger partial charge is 0.326 e. The third-order valence-corrected chi connectivity index (χ3v) is 4.85. The minimum atomic E-state index is -1.31. The molecule has 0 saturated carbocycles. The molecule has 122 valence electrons. The minimum absolute atomic E-state index is 0.352. The van der Waals surface area contributed by atoms with E-state index in [4.69, 9.17) is 4.74 Å². The van der Waals surface area contributed by atoms with E-state index in [2.05, 4.69) is 5.32 Å². The number of nitrogens with one attached hydrogen (secondary N) is 1. The normalized spacial score (nSPS) is 33.0. The summed E-state index contributed by atoms with van der Waals surface area (Å²) in [6.45, 7) is 1.56. The van der Waals surface area contributed by atoms with Gasteiger partial charge < -0.3 is 4.74 Å². The van der Waals surface area contributed by atoms with Gasteiger partial charge in [0.15, 0.2) is 0 Å². The molecule has 0 unspecified atom stereocenters. The van der Waals surface area contributed by atoms with Gasteiger partial charge in [0.05, 0.1) is 18.9 Å². The number of benzene rings is 1. The summed E-state index contributed by atoms with van der Waals surface area (Å²) in [5, 5.41) is 3.07. The van der Waals surface area contributed by atoms with Gasteiger partial charge in [0.1, 0.15) is 11.4 Å². The van der Waals surface area contributed by atoms with Crippen LogP contribution < -0.4 is 5.32 Å². The summed E-state index contributed by atoms with van der Waals surface area (Å²) in [5.41, 5.74) is -0.666. The van der Waals surface area contributed by atoms with Gasteiger partial charge in [0, 0.05) is 13.1 Å². The highest BCUT2D eigenvalue weighted by Crippen LogP contribution is 2.48. The number of carbonyl (C=O) groups is 3. The van der Waals surface area contributed by atoms with E-state index in [0.29, 0.717) is 5.56 Å². The number of ether oxygens (including phenoxy) is 1. The monoisotopic (exact) mass is 320 g/mol. The maximum atomic E-state index is 13.2. The van der Waals surface area contributed by atoms with Crippen LogP contribution in [0.5, 0.6) is 0 Å². The van der Waals surface area contributed by atoms with Crippen LogP contribution in [-0.2, 0) is 19.1 Å². The number of esters is 1. The Morgan fingerprint density at radius 3 is 2.43 bits per heavy atom. The lowest BCUT2D eigenvalue weighted by Gasteiger charge is -2.27. The molecular formula is C16H17FN2O4. The molecule has 2 aliphatic rings. The molecule has 0 aliphatic carbocycles. The zero-order chi connectivity index (χ0) is 16.9. The van der Waals surface area contributed by atoms with Gasteiger partial charge >= 0.3 is 5.97 Å². The summed E-state index contributed by atoms with van der Waals surface area (Å²) >= 11 is 0. The number of fused-ring (bicyclic) bond motifs is 1. The van der Waals surface area contributed by atoms with Gasteiger partial charge in [-0.05, 0) is 24.6 Å². The Morgan fingerprint density at radius 2 is 1.87 bits per heavy atom. The molecule has 1 aromatic carbocycles. The van der Waals surface area contributed by atoms with Crippen LogP contribution in [0.15, 0.2) is 24.3 Å². The average molecular weight is 320 g/mol. The van der Waals surface area contributed by atoms with E-state index in [1.807, 2.05) is 0 Å². The Kier molecular flexibility index (Phi) is 3.48. The second kappa shape index (κ2) is 5.13. The number of methoxy groups -OCH3 is 1. The van der Waals surface area contributed by atoms with Crippen LogP contribution in [0.1, 0.15) is 18.5 Å². The van der Waals surface area contributed by atoms with Crippen LogP contribution in [0.3, 0.4) is 0 Å². The van der Waals surface area contributed by atoms with Crippen LogP contribution in [0.2, 0.25) is 0 Å². The number of hydrogen-bond donors (Lipinski definition) is 1. The molecule has 4 atom stereocenters. The molecule has 0 bridgehead atoms. The molecule has 1 N–H and O–H groups in total. The number of carbonyl (C=O) groups excluding carboxylic acids is 3. The van der Waals surface area contributed by atoms with E-state index in [1.54, 1.807) is 19.1 Å². The molecule has 1 aromatic rings. The van der Waals surface area contributed by atoms with Crippen molar-refractivity contribution in [2.45, 2.75) is 18.5 Å². The molecule has 6 nitrogen and oxygen atoms in total. The van der Waals surface area contributed by atoms with E-state index < -0.39 is 41.1 Å². The maximum absolute atomic E-state index is 13.2. The van der Waals surface area contributed by atoms with E-state index in [1.165, 1.54) is 26.3 Å². The summed E-state index contributed by atoms with van der Waals surface area (Å²) in [4.78, 5) is 38.2. The van der Waals surface area contributed by atoms with Crippen LogP contribution in [0.4, 0.5) is 4.39 Å². The van der Waals surface area contributed by atoms with Crippen LogP contribution in [0, 0.1) is 17.7 Å². The third-order valence-electron chi connectivity index (χ3n) is 4.85. The lowest BCUT2D eigenvalue weighted by Crippen LogP contribution is -2.53. The summed E-state index contributed by atoms with van der Waals surface area (Å²) in [6.07, 6.45) is 0. The molecule has 23 heavy (non-hydrogen) atoms. The van der Waals surface area contributed by atoms with Gasteiger partial charge in [-0.1, -0.05) is 12.1 Å². The van der Waals surface area contributed by atoms with E-state index in [-0.39, 0.29) is 5.91 Å². The van der Waals surface area contributed by atoms with Gasteiger partial charge in [-0.2, -0.15) is 0 Å². The molecule has 7 heteroatoms. The molecule has 2 aliphatic heterocycles.